The molecule has 24 heavy (non-hydrogen) atoms. The fraction of sp³-hybridized carbons (Fsp3) is 0.556. The summed E-state index contributed by atoms with van der Waals surface area (Å²) < 4.78 is 5.33. The lowest BCUT2D eigenvalue weighted by atomic mass is 10.0. The molecule has 0 aromatic heterocycles. The molecule has 1 aromatic carbocycles. The van der Waals surface area contributed by atoms with Gasteiger partial charge in [-0.2, -0.15) is 0 Å². The number of benzene rings is 1. The van der Waals surface area contributed by atoms with Crippen LogP contribution in [-0.2, 0) is 4.74 Å². The quantitative estimate of drug-likeness (QED) is 0.876. The van der Waals surface area contributed by atoms with Crippen molar-refractivity contribution in [3.05, 3.63) is 35.9 Å². The lowest BCUT2D eigenvalue weighted by Gasteiger charge is -2.32. The van der Waals surface area contributed by atoms with E-state index >= 15 is 0 Å². The Labute approximate surface area is 141 Å². The van der Waals surface area contributed by atoms with Crippen LogP contribution in [-0.4, -0.2) is 55.2 Å². The summed E-state index contributed by atoms with van der Waals surface area (Å²) in [7, 11) is 0. The summed E-state index contributed by atoms with van der Waals surface area (Å²) >= 11 is 0. The number of piperidine rings is 1. The molecule has 2 heterocycles. The molecule has 6 nitrogen and oxygen atoms in total. The van der Waals surface area contributed by atoms with Crippen molar-refractivity contribution >= 4 is 11.9 Å². The zero-order valence-electron chi connectivity index (χ0n) is 13.6. The molecule has 0 radical (unpaired) electrons. The van der Waals surface area contributed by atoms with E-state index in [-0.39, 0.29) is 18.0 Å². The van der Waals surface area contributed by atoms with Gasteiger partial charge in [0.25, 0.3) is 5.91 Å². The highest BCUT2D eigenvalue weighted by molar-refractivity contribution is 5.94. The minimum absolute atomic E-state index is 0.0734. The van der Waals surface area contributed by atoms with Crippen molar-refractivity contribution in [3.8, 4) is 0 Å². The number of nitrogens with one attached hydrogen (secondary N) is 2. The number of hydrogen-bond donors (Lipinski definition) is 2. The van der Waals surface area contributed by atoms with Crippen molar-refractivity contribution in [2.24, 2.45) is 11.8 Å². The number of carbonyl (C=O) groups is 2. The number of urea groups is 1. The molecule has 2 saturated heterocycles. The van der Waals surface area contributed by atoms with E-state index in [2.05, 4.69) is 10.6 Å². The van der Waals surface area contributed by atoms with Gasteiger partial charge < -0.3 is 20.3 Å². The zero-order valence-corrected chi connectivity index (χ0v) is 13.6. The number of likely N-dealkylation sites (tertiary alicyclic amines) is 1. The van der Waals surface area contributed by atoms with E-state index in [0.29, 0.717) is 31.0 Å². The fourth-order valence-electron chi connectivity index (χ4n) is 3.82. The SMILES string of the molecule is O=C(NC1CCN(C(=O)c2ccccc2)CC1)NC1[C@H]2COC[C@@H]12. The monoisotopic (exact) mass is 329 g/mol. The maximum atomic E-state index is 12.4. The summed E-state index contributed by atoms with van der Waals surface area (Å²) in [5.41, 5.74) is 0.726. The highest BCUT2D eigenvalue weighted by Crippen LogP contribution is 2.43. The van der Waals surface area contributed by atoms with Gasteiger partial charge in [0.15, 0.2) is 0 Å². The smallest absolute Gasteiger partial charge is 0.315 e. The van der Waals surface area contributed by atoms with Crippen LogP contribution in [0.5, 0.6) is 0 Å². The molecule has 128 valence electrons. The molecule has 6 heteroatoms. The highest BCUT2D eigenvalue weighted by Gasteiger charge is 2.54. The number of amides is 3. The molecule has 2 N–H and O–H groups in total. The molecule has 3 fully saturated rings. The van der Waals surface area contributed by atoms with E-state index in [0.717, 1.165) is 31.6 Å². The summed E-state index contributed by atoms with van der Waals surface area (Å²) in [6, 6.07) is 9.70. The van der Waals surface area contributed by atoms with Crippen molar-refractivity contribution in [2.45, 2.75) is 24.9 Å². The van der Waals surface area contributed by atoms with E-state index in [1.54, 1.807) is 0 Å². The van der Waals surface area contributed by atoms with Crippen LogP contribution < -0.4 is 10.6 Å². The third kappa shape index (κ3) is 3.11. The van der Waals surface area contributed by atoms with Crippen molar-refractivity contribution < 1.29 is 14.3 Å². The normalized spacial score (nSPS) is 29.0. The molecule has 1 aromatic rings. The number of fused-ring (bicyclic) bond motifs is 1. The van der Waals surface area contributed by atoms with Crippen molar-refractivity contribution in [1.82, 2.24) is 15.5 Å². The Bertz CT molecular complexity index is 603. The first-order chi connectivity index (χ1) is 11.7. The molecule has 4 rings (SSSR count). The van der Waals surface area contributed by atoms with E-state index < -0.39 is 0 Å². The first-order valence-corrected chi connectivity index (χ1v) is 8.71. The molecule has 0 spiro atoms. The van der Waals surface area contributed by atoms with Crippen LogP contribution in [0.1, 0.15) is 23.2 Å². The highest BCUT2D eigenvalue weighted by atomic mass is 16.5. The van der Waals surface area contributed by atoms with Crippen LogP contribution in [0.15, 0.2) is 30.3 Å². The van der Waals surface area contributed by atoms with Gasteiger partial charge in [-0.3, -0.25) is 4.79 Å². The molecule has 1 aliphatic carbocycles. The molecule has 3 amide bonds. The predicted octanol–water partition coefficient (Wildman–Crippen LogP) is 1.24. The number of rotatable bonds is 3. The van der Waals surface area contributed by atoms with Gasteiger partial charge in [0.2, 0.25) is 0 Å². The lowest BCUT2D eigenvalue weighted by molar-refractivity contribution is 0.0708. The summed E-state index contributed by atoms with van der Waals surface area (Å²) in [6.45, 7) is 2.91. The zero-order chi connectivity index (χ0) is 16.5. The van der Waals surface area contributed by atoms with Crippen LogP contribution in [0, 0.1) is 11.8 Å². The molecular weight excluding hydrogens is 306 g/mol. The molecule has 2 aliphatic heterocycles. The summed E-state index contributed by atoms with van der Waals surface area (Å²) in [6.07, 6.45) is 1.60. The van der Waals surface area contributed by atoms with Gasteiger partial charge >= 0.3 is 6.03 Å². The minimum Gasteiger partial charge on any atom is -0.381 e. The second-order valence-corrected chi connectivity index (χ2v) is 6.94. The van der Waals surface area contributed by atoms with Crippen LogP contribution >= 0.6 is 0 Å². The Morgan fingerprint density at radius 3 is 2.33 bits per heavy atom. The second-order valence-electron chi connectivity index (χ2n) is 6.94. The van der Waals surface area contributed by atoms with Crippen molar-refractivity contribution in [3.63, 3.8) is 0 Å². The van der Waals surface area contributed by atoms with Crippen LogP contribution in [0.3, 0.4) is 0 Å². The van der Waals surface area contributed by atoms with E-state index in [9.17, 15) is 9.59 Å². The van der Waals surface area contributed by atoms with Gasteiger partial charge in [-0.1, -0.05) is 18.2 Å². The average molecular weight is 329 g/mol. The first kappa shape index (κ1) is 15.4. The lowest BCUT2D eigenvalue weighted by Crippen LogP contribution is -2.50. The average Bonchev–Trinajstić information content (AvgIpc) is 3.04. The van der Waals surface area contributed by atoms with Crippen LogP contribution in [0.2, 0.25) is 0 Å². The molecule has 1 unspecified atom stereocenters. The van der Waals surface area contributed by atoms with Gasteiger partial charge in [0.1, 0.15) is 0 Å². The first-order valence-electron chi connectivity index (χ1n) is 8.71. The van der Waals surface area contributed by atoms with E-state index in [1.807, 2.05) is 35.2 Å². The number of ether oxygens (including phenoxy) is 1. The van der Waals surface area contributed by atoms with Crippen LogP contribution in [0.25, 0.3) is 0 Å². The fourth-order valence-corrected chi connectivity index (χ4v) is 3.82. The Morgan fingerprint density at radius 1 is 1.00 bits per heavy atom. The maximum Gasteiger partial charge on any atom is 0.315 e. The molecule has 1 saturated carbocycles. The third-order valence-electron chi connectivity index (χ3n) is 5.39. The van der Waals surface area contributed by atoms with Crippen molar-refractivity contribution in [1.29, 1.82) is 0 Å². The van der Waals surface area contributed by atoms with E-state index in [4.69, 9.17) is 4.74 Å². The summed E-state index contributed by atoms with van der Waals surface area (Å²) in [5, 5.41) is 6.10. The summed E-state index contributed by atoms with van der Waals surface area (Å²) in [5.74, 6) is 1.10. The Morgan fingerprint density at radius 2 is 1.67 bits per heavy atom. The molecule has 0 bridgehead atoms. The van der Waals surface area contributed by atoms with Crippen LogP contribution in [0.4, 0.5) is 4.79 Å². The standard InChI is InChI=1S/C18H23N3O3/c22-17(12-4-2-1-3-5-12)21-8-6-13(7-9-21)19-18(23)20-16-14-10-24-11-15(14)16/h1-5,13-16H,6-11H2,(H2,19,20,23)/t14-,15+,16?. The summed E-state index contributed by atoms with van der Waals surface area (Å²) in [4.78, 5) is 26.4. The van der Waals surface area contributed by atoms with Gasteiger partial charge in [-0.05, 0) is 25.0 Å². The maximum absolute atomic E-state index is 12.4. The largest absolute Gasteiger partial charge is 0.381 e. The Hall–Kier alpha value is -2.08. The second kappa shape index (κ2) is 6.43. The number of carbonyl (C=O) groups excluding carboxylic acids is 2. The van der Waals surface area contributed by atoms with E-state index in [1.165, 1.54) is 0 Å². The topological polar surface area (TPSA) is 70.7 Å². The van der Waals surface area contributed by atoms with Crippen molar-refractivity contribution in [2.75, 3.05) is 26.3 Å². The van der Waals surface area contributed by atoms with Gasteiger partial charge in [0, 0.05) is 42.6 Å². The van der Waals surface area contributed by atoms with Gasteiger partial charge in [-0.25, -0.2) is 4.79 Å². The van der Waals surface area contributed by atoms with Gasteiger partial charge in [0.05, 0.1) is 13.2 Å². The Balaban J connectivity index is 1.21. The number of hydrogen-bond acceptors (Lipinski definition) is 3. The number of nitrogens with zero attached hydrogens (tertiary/aromatic N) is 1. The molecular formula is C18H23N3O3. The minimum atomic E-state index is -0.0813. The van der Waals surface area contributed by atoms with Gasteiger partial charge in [-0.15, -0.1) is 0 Å². The molecule has 3 atom stereocenters. The predicted molar refractivity (Wildman–Crippen MR) is 88.6 cm³/mol. The molecule has 3 aliphatic rings. The third-order valence-corrected chi connectivity index (χ3v) is 5.39. The Kier molecular flexibility index (Phi) is 4.14.